The molecule has 82 valence electrons. The minimum Gasteiger partial charge on any atom is -0.314 e. The fraction of sp³-hybridized carbons (Fsp3) is 1.00. The monoisotopic (exact) mass is 213 g/mol. The predicted octanol–water partition coefficient (Wildman–Crippen LogP) is 2.76. The molecular weight excluding hydrogens is 190 g/mol. The maximum Gasteiger partial charge on any atom is 0.00726 e. The number of rotatable bonds is 4. The van der Waals surface area contributed by atoms with Crippen molar-refractivity contribution in [1.82, 2.24) is 5.32 Å². The lowest BCUT2D eigenvalue weighted by atomic mass is 9.73. The molecule has 0 amide bonds. The Balaban J connectivity index is 1.55. The van der Waals surface area contributed by atoms with Crippen molar-refractivity contribution in [3.63, 3.8) is 0 Å². The molecule has 14 heavy (non-hydrogen) atoms. The molecule has 2 fully saturated rings. The van der Waals surface area contributed by atoms with Crippen LogP contribution < -0.4 is 5.32 Å². The van der Waals surface area contributed by atoms with Crippen LogP contribution >= 0.6 is 11.8 Å². The molecule has 0 radical (unpaired) electrons. The molecule has 0 spiro atoms. The Morgan fingerprint density at radius 2 is 2.14 bits per heavy atom. The highest BCUT2D eigenvalue weighted by Gasteiger charge is 2.31. The lowest BCUT2D eigenvalue weighted by Crippen LogP contribution is -2.44. The van der Waals surface area contributed by atoms with E-state index in [0.717, 1.165) is 23.8 Å². The zero-order valence-corrected chi connectivity index (χ0v) is 10.3. The van der Waals surface area contributed by atoms with Gasteiger partial charge in [-0.05, 0) is 55.1 Å². The first-order valence-corrected chi connectivity index (χ1v) is 7.22. The van der Waals surface area contributed by atoms with Gasteiger partial charge in [0, 0.05) is 6.04 Å². The van der Waals surface area contributed by atoms with Crippen LogP contribution in [0.1, 0.15) is 33.1 Å². The summed E-state index contributed by atoms with van der Waals surface area (Å²) in [6.07, 6.45) is 4.30. The van der Waals surface area contributed by atoms with E-state index in [1.165, 1.54) is 37.3 Å². The molecule has 1 aliphatic carbocycles. The largest absolute Gasteiger partial charge is 0.314 e. The van der Waals surface area contributed by atoms with Gasteiger partial charge in [-0.15, -0.1) is 0 Å². The molecule has 0 aromatic carbocycles. The first kappa shape index (κ1) is 10.8. The normalized spacial score (nSPS) is 37.5. The predicted molar refractivity (Wildman–Crippen MR) is 64.8 cm³/mol. The molecular formula is C12H23NS. The van der Waals surface area contributed by atoms with Gasteiger partial charge in [0.2, 0.25) is 0 Å². The molecule has 1 saturated carbocycles. The van der Waals surface area contributed by atoms with Gasteiger partial charge in [-0.1, -0.05) is 13.8 Å². The summed E-state index contributed by atoms with van der Waals surface area (Å²) in [7, 11) is 0. The van der Waals surface area contributed by atoms with E-state index in [1.807, 2.05) is 0 Å². The molecule has 2 rings (SSSR count). The third-order valence-electron chi connectivity index (χ3n) is 3.84. The number of nitrogens with one attached hydrogen (secondary N) is 1. The average Bonchev–Trinajstić information content (AvgIpc) is 2.52. The maximum absolute atomic E-state index is 3.73. The van der Waals surface area contributed by atoms with Gasteiger partial charge < -0.3 is 5.32 Å². The van der Waals surface area contributed by atoms with E-state index < -0.39 is 0 Å². The van der Waals surface area contributed by atoms with Gasteiger partial charge in [-0.25, -0.2) is 0 Å². The van der Waals surface area contributed by atoms with Gasteiger partial charge in [-0.2, -0.15) is 11.8 Å². The summed E-state index contributed by atoms with van der Waals surface area (Å²) in [5.41, 5.74) is 0. The second-order valence-electron chi connectivity index (χ2n) is 5.31. The quantitative estimate of drug-likeness (QED) is 0.770. The van der Waals surface area contributed by atoms with Gasteiger partial charge in [0.1, 0.15) is 0 Å². The topological polar surface area (TPSA) is 12.0 Å². The zero-order valence-electron chi connectivity index (χ0n) is 9.46. The van der Waals surface area contributed by atoms with E-state index in [2.05, 4.69) is 30.9 Å². The minimum absolute atomic E-state index is 0.855. The van der Waals surface area contributed by atoms with Crippen molar-refractivity contribution in [1.29, 1.82) is 0 Å². The zero-order chi connectivity index (χ0) is 9.97. The molecule has 1 atom stereocenters. The van der Waals surface area contributed by atoms with Crippen LogP contribution in [0.5, 0.6) is 0 Å². The summed E-state index contributed by atoms with van der Waals surface area (Å²) in [5, 5.41) is 3.73. The van der Waals surface area contributed by atoms with Crippen molar-refractivity contribution >= 4 is 11.8 Å². The molecule has 1 nitrogen and oxygen atoms in total. The second kappa shape index (κ2) is 4.89. The van der Waals surface area contributed by atoms with Gasteiger partial charge in [-0.3, -0.25) is 0 Å². The number of hydrogen-bond acceptors (Lipinski definition) is 2. The van der Waals surface area contributed by atoms with Crippen LogP contribution in [-0.2, 0) is 0 Å². The second-order valence-corrected chi connectivity index (χ2v) is 6.46. The highest BCUT2D eigenvalue weighted by atomic mass is 32.2. The van der Waals surface area contributed by atoms with Crippen molar-refractivity contribution in [2.24, 2.45) is 17.8 Å². The lowest BCUT2D eigenvalue weighted by Gasteiger charge is -2.39. The summed E-state index contributed by atoms with van der Waals surface area (Å²) in [4.78, 5) is 0. The maximum atomic E-state index is 3.73. The number of thioether (sulfide) groups is 1. The summed E-state index contributed by atoms with van der Waals surface area (Å²) < 4.78 is 0. The van der Waals surface area contributed by atoms with E-state index in [-0.39, 0.29) is 0 Å². The standard InChI is InChI=1S/C12H23NS/c1-9(2)11-5-12(6-11)13-7-10-3-4-14-8-10/h9-13H,3-8H2,1-2H3. The summed E-state index contributed by atoms with van der Waals surface area (Å²) in [6.45, 7) is 5.99. The summed E-state index contributed by atoms with van der Waals surface area (Å²) in [6, 6.07) is 0.855. The van der Waals surface area contributed by atoms with Crippen LogP contribution in [0.15, 0.2) is 0 Å². The van der Waals surface area contributed by atoms with E-state index in [1.54, 1.807) is 0 Å². The van der Waals surface area contributed by atoms with E-state index in [4.69, 9.17) is 0 Å². The molecule has 2 aliphatic rings. The van der Waals surface area contributed by atoms with E-state index in [9.17, 15) is 0 Å². The van der Waals surface area contributed by atoms with E-state index in [0.29, 0.717) is 0 Å². The van der Waals surface area contributed by atoms with Crippen molar-refractivity contribution in [2.45, 2.75) is 39.2 Å². The van der Waals surface area contributed by atoms with Crippen LogP contribution in [0, 0.1) is 17.8 Å². The molecule has 0 bridgehead atoms. The highest BCUT2D eigenvalue weighted by molar-refractivity contribution is 7.99. The van der Waals surface area contributed by atoms with Crippen molar-refractivity contribution < 1.29 is 0 Å². The average molecular weight is 213 g/mol. The molecule has 0 aromatic rings. The fourth-order valence-corrected chi connectivity index (χ4v) is 3.74. The fourth-order valence-electron chi connectivity index (χ4n) is 2.45. The first-order chi connectivity index (χ1) is 6.75. The van der Waals surface area contributed by atoms with Crippen molar-refractivity contribution in [3.05, 3.63) is 0 Å². The van der Waals surface area contributed by atoms with Crippen molar-refractivity contribution in [3.8, 4) is 0 Å². The SMILES string of the molecule is CC(C)C1CC(NCC2CCSC2)C1. The van der Waals surface area contributed by atoms with Gasteiger partial charge in [0.15, 0.2) is 0 Å². The lowest BCUT2D eigenvalue weighted by molar-refractivity contribution is 0.165. The minimum atomic E-state index is 0.855. The van der Waals surface area contributed by atoms with Gasteiger partial charge >= 0.3 is 0 Å². The Labute approximate surface area is 92.4 Å². The highest BCUT2D eigenvalue weighted by Crippen LogP contribution is 2.34. The Hall–Kier alpha value is 0.310. The molecule has 1 heterocycles. The Morgan fingerprint density at radius 3 is 2.71 bits per heavy atom. The molecule has 0 aromatic heterocycles. The summed E-state index contributed by atoms with van der Waals surface area (Å²) in [5.74, 6) is 5.66. The molecule has 1 aliphatic heterocycles. The van der Waals surface area contributed by atoms with Crippen LogP contribution in [0.3, 0.4) is 0 Å². The first-order valence-electron chi connectivity index (χ1n) is 6.07. The smallest absolute Gasteiger partial charge is 0.00726 e. The molecule has 2 heteroatoms. The summed E-state index contributed by atoms with van der Waals surface area (Å²) >= 11 is 2.12. The molecule has 1 unspecified atom stereocenters. The third-order valence-corrected chi connectivity index (χ3v) is 5.07. The third kappa shape index (κ3) is 2.66. The Bertz CT molecular complexity index is 169. The van der Waals surface area contributed by atoms with Crippen LogP contribution in [0.25, 0.3) is 0 Å². The van der Waals surface area contributed by atoms with Crippen LogP contribution in [0.4, 0.5) is 0 Å². The van der Waals surface area contributed by atoms with Gasteiger partial charge in [0.25, 0.3) is 0 Å². The Morgan fingerprint density at radius 1 is 1.36 bits per heavy atom. The van der Waals surface area contributed by atoms with Crippen molar-refractivity contribution in [2.75, 3.05) is 18.1 Å². The Kier molecular flexibility index (Phi) is 3.78. The van der Waals surface area contributed by atoms with Gasteiger partial charge in [0.05, 0.1) is 0 Å². The molecule has 1 saturated heterocycles. The van der Waals surface area contributed by atoms with Crippen LogP contribution in [-0.4, -0.2) is 24.1 Å². The van der Waals surface area contributed by atoms with E-state index >= 15 is 0 Å². The number of hydrogen-bond donors (Lipinski definition) is 1. The molecule has 1 N–H and O–H groups in total. The van der Waals surface area contributed by atoms with Crippen LogP contribution in [0.2, 0.25) is 0 Å².